The molecule has 1 fully saturated rings. The van der Waals surface area contributed by atoms with Crippen LogP contribution in [0.25, 0.3) is 0 Å². The van der Waals surface area contributed by atoms with Crippen molar-refractivity contribution in [2.45, 2.75) is 58.8 Å². The molecule has 1 atom stereocenters. The van der Waals surface area contributed by atoms with Crippen molar-refractivity contribution >= 4 is 35.9 Å². The zero-order chi connectivity index (χ0) is 18.3. The van der Waals surface area contributed by atoms with Gasteiger partial charge in [-0.25, -0.2) is 0 Å². The SMILES string of the molecule is CCNC(=NCCCCCCCC(=O)OCC)N(C)CC1CCOC1.I. The van der Waals surface area contributed by atoms with Gasteiger partial charge in [-0.2, -0.15) is 0 Å². The average molecular weight is 483 g/mol. The molecule has 1 saturated heterocycles. The van der Waals surface area contributed by atoms with Crippen LogP contribution in [0.3, 0.4) is 0 Å². The number of ether oxygens (including phenoxy) is 2. The lowest BCUT2D eigenvalue weighted by molar-refractivity contribution is -0.143. The molecular formula is C19H38IN3O3. The smallest absolute Gasteiger partial charge is 0.305 e. The number of aliphatic imine (C=N–C) groups is 1. The molecule has 26 heavy (non-hydrogen) atoms. The third-order valence-electron chi connectivity index (χ3n) is 4.36. The van der Waals surface area contributed by atoms with E-state index in [1.54, 1.807) is 0 Å². The molecule has 1 aliphatic rings. The van der Waals surface area contributed by atoms with Crippen LogP contribution in [0.2, 0.25) is 0 Å². The topological polar surface area (TPSA) is 63.2 Å². The lowest BCUT2D eigenvalue weighted by atomic mass is 10.1. The highest BCUT2D eigenvalue weighted by Gasteiger charge is 2.18. The maximum Gasteiger partial charge on any atom is 0.305 e. The Labute approximate surface area is 176 Å². The second-order valence-electron chi connectivity index (χ2n) is 6.67. The lowest BCUT2D eigenvalue weighted by Crippen LogP contribution is -2.41. The summed E-state index contributed by atoms with van der Waals surface area (Å²) in [5, 5.41) is 3.38. The van der Waals surface area contributed by atoms with Gasteiger partial charge in [0.2, 0.25) is 0 Å². The summed E-state index contributed by atoms with van der Waals surface area (Å²) in [7, 11) is 2.11. The average Bonchev–Trinajstić information content (AvgIpc) is 3.09. The Morgan fingerprint density at radius 3 is 2.62 bits per heavy atom. The predicted octanol–water partition coefficient (Wildman–Crippen LogP) is 3.44. The van der Waals surface area contributed by atoms with Gasteiger partial charge in [0.1, 0.15) is 0 Å². The molecule has 1 rings (SSSR count). The molecule has 0 aromatic carbocycles. The Bertz CT molecular complexity index is 388. The molecule has 0 aromatic rings. The number of rotatable bonds is 12. The van der Waals surface area contributed by atoms with Crippen LogP contribution in [0, 0.1) is 5.92 Å². The first-order chi connectivity index (χ1) is 12.2. The van der Waals surface area contributed by atoms with Crippen molar-refractivity contribution in [1.29, 1.82) is 0 Å². The summed E-state index contributed by atoms with van der Waals surface area (Å²) < 4.78 is 10.4. The molecule has 0 aliphatic carbocycles. The minimum absolute atomic E-state index is 0. The lowest BCUT2D eigenvalue weighted by Gasteiger charge is -2.24. The van der Waals surface area contributed by atoms with Crippen molar-refractivity contribution in [3.8, 4) is 0 Å². The van der Waals surface area contributed by atoms with Crippen LogP contribution >= 0.6 is 24.0 Å². The van der Waals surface area contributed by atoms with E-state index in [0.29, 0.717) is 18.9 Å². The summed E-state index contributed by atoms with van der Waals surface area (Å²) in [4.78, 5) is 18.2. The third kappa shape index (κ3) is 11.9. The molecule has 6 nitrogen and oxygen atoms in total. The number of nitrogens with one attached hydrogen (secondary N) is 1. The number of unbranched alkanes of at least 4 members (excludes halogenated alkanes) is 4. The molecule has 1 unspecified atom stereocenters. The van der Waals surface area contributed by atoms with E-state index in [1.165, 1.54) is 0 Å². The molecule has 0 saturated carbocycles. The van der Waals surface area contributed by atoms with E-state index in [1.807, 2.05) is 6.92 Å². The molecule has 0 aromatic heterocycles. The van der Waals surface area contributed by atoms with E-state index in [9.17, 15) is 4.79 Å². The van der Waals surface area contributed by atoms with Crippen molar-refractivity contribution in [3.63, 3.8) is 0 Å². The van der Waals surface area contributed by atoms with Crippen LogP contribution in [0.15, 0.2) is 4.99 Å². The first kappa shape index (κ1) is 25.4. The summed E-state index contributed by atoms with van der Waals surface area (Å²) in [6.07, 6.45) is 7.12. The van der Waals surface area contributed by atoms with Crippen molar-refractivity contribution in [2.24, 2.45) is 10.9 Å². The molecule has 1 heterocycles. The maximum atomic E-state index is 11.2. The molecule has 7 heteroatoms. The van der Waals surface area contributed by atoms with E-state index in [2.05, 4.69) is 24.2 Å². The summed E-state index contributed by atoms with van der Waals surface area (Å²) in [6.45, 7) is 8.93. The van der Waals surface area contributed by atoms with Crippen LogP contribution in [-0.4, -0.2) is 63.3 Å². The number of carbonyl (C=O) groups is 1. The van der Waals surface area contributed by atoms with Crippen molar-refractivity contribution < 1.29 is 14.3 Å². The van der Waals surface area contributed by atoms with Crippen molar-refractivity contribution in [2.75, 3.05) is 46.5 Å². The number of guanidine groups is 1. The van der Waals surface area contributed by atoms with E-state index < -0.39 is 0 Å². The highest BCUT2D eigenvalue weighted by Crippen LogP contribution is 2.13. The highest BCUT2D eigenvalue weighted by atomic mass is 127. The summed E-state index contributed by atoms with van der Waals surface area (Å²) in [5.74, 6) is 1.54. The highest BCUT2D eigenvalue weighted by molar-refractivity contribution is 14.0. The second-order valence-corrected chi connectivity index (χ2v) is 6.67. The largest absolute Gasteiger partial charge is 0.466 e. The van der Waals surface area contributed by atoms with Gasteiger partial charge in [-0.3, -0.25) is 9.79 Å². The van der Waals surface area contributed by atoms with Crippen LogP contribution in [0.4, 0.5) is 0 Å². The fourth-order valence-electron chi connectivity index (χ4n) is 3.00. The van der Waals surface area contributed by atoms with Gasteiger partial charge in [-0.1, -0.05) is 19.3 Å². The number of hydrogen-bond donors (Lipinski definition) is 1. The Morgan fingerprint density at radius 2 is 1.96 bits per heavy atom. The van der Waals surface area contributed by atoms with Crippen LogP contribution in [-0.2, 0) is 14.3 Å². The molecule has 0 bridgehead atoms. The summed E-state index contributed by atoms with van der Waals surface area (Å²) in [6, 6.07) is 0. The maximum absolute atomic E-state index is 11.2. The first-order valence-corrected chi connectivity index (χ1v) is 9.90. The van der Waals surface area contributed by atoms with E-state index >= 15 is 0 Å². The molecule has 0 spiro atoms. The Kier molecular flexibility index (Phi) is 16.2. The number of carbonyl (C=O) groups excluding carboxylic acids is 1. The molecule has 154 valence electrons. The number of nitrogens with zero attached hydrogens (tertiary/aromatic N) is 2. The minimum Gasteiger partial charge on any atom is -0.466 e. The molecule has 1 aliphatic heterocycles. The van der Waals surface area contributed by atoms with Gasteiger partial charge in [0.25, 0.3) is 0 Å². The summed E-state index contributed by atoms with van der Waals surface area (Å²) in [5.41, 5.74) is 0. The van der Waals surface area contributed by atoms with Gasteiger partial charge in [-0.15, -0.1) is 24.0 Å². The standard InChI is InChI=1S/C19H37N3O3.HI/c1-4-20-19(22(3)15-17-12-14-24-16-17)21-13-10-8-6-7-9-11-18(23)25-5-2;/h17H,4-16H2,1-3H3,(H,20,21);1H. The fourth-order valence-corrected chi connectivity index (χ4v) is 3.00. The summed E-state index contributed by atoms with van der Waals surface area (Å²) >= 11 is 0. The van der Waals surface area contributed by atoms with Gasteiger partial charge in [0, 0.05) is 45.6 Å². The van der Waals surface area contributed by atoms with E-state index in [-0.39, 0.29) is 29.9 Å². The number of halogens is 1. The molecule has 0 radical (unpaired) electrons. The Balaban J connectivity index is 0.00000625. The molecule has 0 amide bonds. The number of esters is 1. The van der Waals surface area contributed by atoms with Gasteiger partial charge in [-0.05, 0) is 33.1 Å². The van der Waals surface area contributed by atoms with E-state index in [4.69, 9.17) is 14.5 Å². The molecule has 1 N–H and O–H groups in total. The van der Waals surface area contributed by atoms with Crippen molar-refractivity contribution in [1.82, 2.24) is 10.2 Å². The first-order valence-electron chi connectivity index (χ1n) is 9.90. The minimum atomic E-state index is -0.0712. The van der Waals surface area contributed by atoms with Gasteiger partial charge in [0.05, 0.1) is 13.2 Å². The Morgan fingerprint density at radius 1 is 1.23 bits per heavy atom. The van der Waals surface area contributed by atoms with Crippen LogP contribution in [0.5, 0.6) is 0 Å². The van der Waals surface area contributed by atoms with Crippen LogP contribution in [0.1, 0.15) is 58.8 Å². The van der Waals surface area contributed by atoms with Gasteiger partial charge < -0.3 is 19.7 Å². The zero-order valence-corrected chi connectivity index (χ0v) is 19.1. The van der Waals surface area contributed by atoms with E-state index in [0.717, 1.165) is 77.3 Å². The van der Waals surface area contributed by atoms with Crippen molar-refractivity contribution in [3.05, 3.63) is 0 Å². The second kappa shape index (κ2) is 16.6. The zero-order valence-electron chi connectivity index (χ0n) is 16.8. The number of hydrogen-bond acceptors (Lipinski definition) is 4. The Hall–Kier alpha value is -0.570. The molecular weight excluding hydrogens is 445 g/mol. The van der Waals surface area contributed by atoms with Crippen LogP contribution < -0.4 is 5.32 Å². The monoisotopic (exact) mass is 483 g/mol. The quantitative estimate of drug-likeness (QED) is 0.152. The fraction of sp³-hybridized carbons (Fsp3) is 0.895. The third-order valence-corrected chi connectivity index (χ3v) is 4.36. The van der Waals surface area contributed by atoms with Gasteiger partial charge >= 0.3 is 5.97 Å². The predicted molar refractivity (Wildman–Crippen MR) is 117 cm³/mol. The van der Waals surface area contributed by atoms with Gasteiger partial charge in [0.15, 0.2) is 5.96 Å². The normalized spacial score (nSPS) is 16.9.